The van der Waals surface area contributed by atoms with Crippen molar-refractivity contribution in [3.05, 3.63) is 28.3 Å². The van der Waals surface area contributed by atoms with Gasteiger partial charge in [-0.25, -0.2) is 18.4 Å². The number of hydrogen-bond acceptors (Lipinski definition) is 6. The van der Waals surface area contributed by atoms with E-state index in [9.17, 15) is 28.4 Å². The molecule has 1 aromatic carbocycles. The van der Waals surface area contributed by atoms with Crippen LogP contribution in [0.4, 0.5) is 16.2 Å². The average molecular weight is 469 g/mol. The Labute approximate surface area is 188 Å². The van der Waals surface area contributed by atoms with Gasteiger partial charge in [0.2, 0.25) is 10.0 Å². The van der Waals surface area contributed by atoms with Crippen molar-refractivity contribution in [3.63, 3.8) is 0 Å². The summed E-state index contributed by atoms with van der Waals surface area (Å²) in [6.07, 6.45) is 4.61. The van der Waals surface area contributed by atoms with Crippen LogP contribution in [-0.2, 0) is 10.0 Å². The molecule has 10 nitrogen and oxygen atoms in total. The van der Waals surface area contributed by atoms with Gasteiger partial charge in [0, 0.05) is 24.7 Å². The van der Waals surface area contributed by atoms with Crippen LogP contribution in [0, 0.1) is 20.9 Å². The Morgan fingerprint density at radius 3 is 2.16 bits per heavy atom. The predicted octanol–water partition coefficient (Wildman–Crippen LogP) is 3.77. The van der Waals surface area contributed by atoms with Gasteiger partial charge in [0.15, 0.2) is 0 Å². The SMILES string of the molecule is CC(C)(C)N(CC12CCC(CNc3ccc(S(N)(=O)=O)cc3[N+](=O)[O-])(CC1)CC2)C(=O)O. The van der Waals surface area contributed by atoms with Gasteiger partial charge in [-0.3, -0.25) is 10.1 Å². The highest BCUT2D eigenvalue weighted by molar-refractivity contribution is 7.89. The second kappa shape index (κ2) is 8.18. The van der Waals surface area contributed by atoms with E-state index in [2.05, 4.69) is 5.32 Å². The van der Waals surface area contributed by atoms with Crippen LogP contribution in [0.25, 0.3) is 0 Å². The van der Waals surface area contributed by atoms with Crippen LogP contribution < -0.4 is 10.5 Å². The number of anilines is 1. The highest BCUT2D eigenvalue weighted by Crippen LogP contribution is 2.57. The zero-order chi connectivity index (χ0) is 23.9. The number of carboxylic acid groups (broad SMARTS) is 1. The lowest BCUT2D eigenvalue weighted by Gasteiger charge is -2.55. The van der Waals surface area contributed by atoms with Crippen LogP contribution in [0.2, 0.25) is 0 Å². The summed E-state index contributed by atoms with van der Waals surface area (Å²) in [7, 11) is -4.03. The van der Waals surface area contributed by atoms with Crippen LogP contribution in [0.15, 0.2) is 23.1 Å². The van der Waals surface area contributed by atoms with Gasteiger partial charge in [0.25, 0.3) is 5.69 Å². The van der Waals surface area contributed by atoms with Crippen molar-refractivity contribution in [1.29, 1.82) is 0 Å². The molecule has 4 rings (SSSR count). The number of sulfonamides is 1. The van der Waals surface area contributed by atoms with Crippen LogP contribution in [0.3, 0.4) is 0 Å². The molecule has 3 saturated carbocycles. The molecule has 3 aliphatic rings. The molecule has 2 bridgehead atoms. The molecule has 3 fully saturated rings. The van der Waals surface area contributed by atoms with Gasteiger partial charge in [-0.1, -0.05) is 0 Å². The first-order chi connectivity index (χ1) is 14.7. The summed E-state index contributed by atoms with van der Waals surface area (Å²) in [5, 5.41) is 29.4. The number of nitro groups is 1. The topological polar surface area (TPSA) is 156 Å². The Morgan fingerprint density at radius 2 is 1.72 bits per heavy atom. The fourth-order valence-corrected chi connectivity index (χ4v) is 5.58. The van der Waals surface area contributed by atoms with Gasteiger partial charge < -0.3 is 15.3 Å². The lowest BCUT2D eigenvalue weighted by Crippen LogP contribution is -2.54. The monoisotopic (exact) mass is 468 g/mol. The van der Waals surface area contributed by atoms with E-state index >= 15 is 0 Å². The van der Waals surface area contributed by atoms with Crippen molar-refractivity contribution in [2.75, 3.05) is 18.4 Å². The molecule has 178 valence electrons. The number of fused-ring (bicyclic) bond motifs is 3. The normalized spacial score (nSPS) is 25.4. The zero-order valence-electron chi connectivity index (χ0n) is 18.8. The molecule has 0 unspecified atom stereocenters. The molecule has 0 saturated heterocycles. The van der Waals surface area contributed by atoms with Gasteiger partial charge in [-0.05, 0) is 82.3 Å². The number of nitrogens with one attached hydrogen (secondary N) is 1. The van der Waals surface area contributed by atoms with E-state index in [-0.39, 0.29) is 27.1 Å². The number of rotatable bonds is 7. The van der Waals surface area contributed by atoms with E-state index in [4.69, 9.17) is 5.14 Å². The Hall–Kier alpha value is -2.40. The second-order valence-electron chi connectivity index (χ2n) is 10.4. The minimum absolute atomic E-state index is 0.00990. The molecule has 3 aliphatic carbocycles. The van der Waals surface area contributed by atoms with Crippen molar-refractivity contribution in [3.8, 4) is 0 Å². The first kappa shape index (κ1) is 24.2. The molecule has 0 aromatic heterocycles. The highest BCUT2D eigenvalue weighted by Gasteiger charge is 2.50. The van der Waals surface area contributed by atoms with Gasteiger partial charge in [0.1, 0.15) is 5.69 Å². The summed E-state index contributed by atoms with van der Waals surface area (Å²) >= 11 is 0. The largest absolute Gasteiger partial charge is 0.465 e. The van der Waals surface area contributed by atoms with Gasteiger partial charge in [0.05, 0.1) is 9.82 Å². The molecule has 0 aliphatic heterocycles. The first-order valence-electron chi connectivity index (χ1n) is 10.7. The Balaban J connectivity index is 1.70. The summed E-state index contributed by atoms with van der Waals surface area (Å²) in [5.74, 6) is 0. The third kappa shape index (κ3) is 4.98. The maximum atomic E-state index is 11.8. The molecular formula is C21H32N4O6S. The summed E-state index contributed by atoms with van der Waals surface area (Å²) in [6.45, 7) is 6.79. The summed E-state index contributed by atoms with van der Waals surface area (Å²) < 4.78 is 23.1. The van der Waals surface area contributed by atoms with Crippen molar-refractivity contribution in [2.24, 2.45) is 16.0 Å². The number of amides is 1. The van der Waals surface area contributed by atoms with Gasteiger partial charge in [-0.15, -0.1) is 0 Å². The Kier molecular flexibility index (Phi) is 6.20. The molecule has 0 heterocycles. The zero-order valence-corrected chi connectivity index (χ0v) is 19.6. The highest BCUT2D eigenvalue weighted by atomic mass is 32.2. The third-order valence-corrected chi connectivity index (χ3v) is 8.15. The molecule has 0 spiro atoms. The van der Waals surface area contributed by atoms with Crippen LogP contribution in [0.5, 0.6) is 0 Å². The van der Waals surface area contributed by atoms with Crippen molar-refractivity contribution in [2.45, 2.75) is 69.7 Å². The standard InChI is InChI=1S/C21H32N4O6S/c1-19(2,3)24(18(26)27)14-21-9-6-20(7-10-21,8-11-21)13-23-16-5-4-15(32(22,30)31)12-17(16)25(28)29/h4-5,12,23H,6-11,13-14H2,1-3H3,(H,26,27)(H2,22,30,31). The van der Waals surface area contributed by atoms with Crippen LogP contribution >= 0.6 is 0 Å². The van der Waals surface area contributed by atoms with E-state index < -0.39 is 26.6 Å². The van der Waals surface area contributed by atoms with Gasteiger partial charge in [-0.2, -0.15) is 0 Å². The molecule has 0 radical (unpaired) electrons. The molecule has 4 N–H and O–H groups in total. The molecule has 1 aromatic rings. The number of nitro benzene ring substituents is 1. The van der Waals surface area contributed by atoms with E-state index in [1.165, 1.54) is 12.1 Å². The first-order valence-corrected chi connectivity index (χ1v) is 12.3. The van der Waals surface area contributed by atoms with E-state index in [0.29, 0.717) is 13.1 Å². The molecule has 1 amide bonds. The quantitative estimate of drug-likeness (QED) is 0.406. The minimum atomic E-state index is -4.03. The summed E-state index contributed by atoms with van der Waals surface area (Å²) in [4.78, 5) is 23.9. The van der Waals surface area contributed by atoms with Crippen LogP contribution in [-0.4, -0.2) is 48.1 Å². The number of primary sulfonamides is 1. The third-order valence-electron chi connectivity index (χ3n) is 7.24. The lowest BCUT2D eigenvalue weighted by molar-refractivity contribution is -0.384. The van der Waals surface area contributed by atoms with Crippen LogP contribution in [0.1, 0.15) is 59.3 Å². The van der Waals surface area contributed by atoms with E-state index in [1.54, 1.807) is 4.90 Å². The summed E-state index contributed by atoms with van der Waals surface area (Å²) in [5.41, 5.74) is -0.545. The molecule has 0 atom stereocenters. The Morgan fingerprint density at radius 1 is 1.19 bits per heavy atom. The van der Waals surface area contributed by atoms with Crippen molar-refractivity contribution >= 4 is 27.5 Å². The van der Waals surface area contributed by atoms with Crippen molar-refractivity contribution < 1.29 is 23.2 Å². The maximum absolute atomic E-state index is 11.8. The molecule has 32 heavy (non-hydrogen) atoms. The van der Waals surface area contributed by atoms with Crippen molar-refractivity contribution in [1.82, 2.24) is 4.90 Å². The fraction of sp³-hybridized carbons (Fsp3) is 0.667. The van der Waals surface area contributed by atoms with E-state index in [0.717, 1.165) is 44.6 Å². The Bertz CT molecular complexity index is 993. The number of nitrogens with zero attached hydrogens (tertiary/aromatic N) is 2. The predicted molar refractivity (Wildman–Crippen MR) is 120 cm³/mol. The van der Waals surface area contributed by atoms with Gasteiger partial charge >= 0.3 is 6.09 Å². The van der Waals surface area contributed by atoms with E-state index in [1.807, 2.05) is 20.8 Å². The number of nitrogens with two attached hydrogens (primary N) is 1. The number of benzene rings is 1. The maximum Gasteiger partial charge on any atom is 0.407 e. The minimum Gasteiger partial charge on any atom is -0.465 e. The number of carbonyl (C=O) groups is 1. The second-order valence-corrected chi connectivity index (χ2v) is 11.9. The fourth-order valence-electron chi connectivity index (χ4n) is 5.04. The molecule has 11 heteroatoms. The summed E-state index contributed by atoms with van der Waals surface area (Å²) in [6, 6.07) is 3.63. The number of hydrogen-bond donors (Lipinski definition) is 3. The lowest BCUT2D eigenvalue weighted by atomic mass is 9.53. The molecular weight excluding hydrogens is 436 g/mol. The average Bonchev–Trinajstić information content (AvgIpc) is 2.70. The smallest absolute Gasteiger partial charge is 0.407 e.